The van der Waals surface area contributed by atoms with Crippen LogP contribution in [0.4, 0.5) is 23.0 Å². The average Bonchev–Trinajstić information content (AvgIpc) is 2.47. The number of hydrogen-bond acceptors (Lipinski definition) is 0. The number of quaternary nitrogens is 1. The predicted molar refractivity (Wildman–Crippen MR) is 88.3 cm³/mol. The van der Waals surface area contributed by atoms with Crippen LogP contribution in [0.15, 0.2) is 66.7 Å². The van der Waals surface area contributed by atoms with Gasteiger partial charge in [-0.25, -0.2) is 0 Å². The summed E-state index contributed by atoms with van der Waals surface area (Å²) in [6.45, 7) is 2.12. The molecule has 0 saturated carbocycles. The third-order valence-electron chi connectivity index (χ3n) is 2.84. The molecule has 122 valence electrons. The van der Waals surface area contributed by atoms with Crippen LogP contribution in [0.2, 0.25) is 0 Å². The summed E-state index contributed by atoms with van der Waals surface area (Å²) in [5.74, 6) is 0. The van der Waals surface area contributed by atoms with Crippen molar-refractivity contribution >= 4 is 24.6 Å². The molecule has 0 radical (unpaired) electrons. The minimum atomic E-state index is -6.00. The Labute approximate surface area is 133 Å². The van der Waals surface area contributed by atoms with Gasteiger partial charge in [-0.1, -0.05) is 48.6 Å². The lowest BCUT2D eigenvalue weighted by atomic mass is 10.1. The summed E-state index contributed by atoms with van der Waals surface area (Å²) in [6.07, 6.45) is 6.33. The molecule has 3 N–H and O–H groups in total. The zero-order valence-corrected chi connectivity index (χ0v) is 12.7. The van der Waals surface area contributed by atoms with E-state index in [1.165, 1.54) is 16.7 Å². The van der Waals surface area contributed by atoms with E-state index in [0.717, 1.165) is 5.69 Å². The molecule has 2 aromatic carbocycles. The van der Waals surface area contributed by atoms with Crippen molar-refractivity contribution in [3.8, 4) is 0 Å². The summed E-state index contributed by atoms with van der Waals surface area (Å²) in [7, 11) is -6.00. The van der Waals surface area contributed by atoms with Gasteiger partial charge in [-0.15, -0.1) is 0 Å². The van der Waals surface area contributed by atoms with Gasteiger partial charge in [0.2, 0.25) is 0 Å². The molecule has 0 bridgehead atoms. The van der Waals surface area contributed by atoms with Gasteiger partial charge < -0.3 is 23.0 Å². The molecule has 0 amide bonds. The summed E-state index contributed by atoms with van der Waals surface area (Å²) >= 11 is 0. The molecule has 0 atom stereocenters. The van der Waals surface area contributed by atoms with Crippen molar-refractivity contribution in [2.45, 2.75) is 6.92 Å². The lowest BCUT2D eigenvalue weighted by Crippen LogP contribution is -2.39. The van der Waals surface area contributed by atoms with Gasteiger partial charge in [0, 0.05) is 0 Å². The van der Waals surface area contributed by atoms with E-state index in [1.807, 2.05) is 30.3 Å². The molecule has 0 spiro atoms. The van der Waals surface area contributed by atoms with E-state index in [2.05, 4.69) is 55.2 Å². The first-order valence-corrected chi connectivity index (χ1v) is 6.95. The standard InChI is InChI=1S/C17H17N.BF4/c1-14(16-10-12-17(18)13-11-16)6-5-9-15-7-3-2-4-8-15;2-1(3,4)5/h2-13H,18H2,1H3;/q;-1/p+1/b9-5+,14-6+;. The summed E-state index contributed by atoms with van der Waals surface area (Å²) in [5.41, 5.74) is 8.64. The maximum atomic E-state index is 9.75. The second-order valence-electron chi connectivity index (χ2n) is 4.81. The highest BCUT2D eigenvalue weighted by Crippen LogP contribution is 2.15. The van der Waals surface area contributed by atoms with Crippen molar-refractivity contribution in [2.24, 2.45) is 0 Å². The predicted octanol–water partition coefficient (Wildman–Crippen LogP) is 4.98. The van der Waals surface area contributed by atoms with Crippen molar-refractivity contribution < 1.29 is 23.0 Å². The van der Waals surface area contributed by atoms with Crippen LogP contribution in [0.3, 0.4) is 0 Å². The van der Waals surface area contributed by atoms with Crippen LogP contribution in [-0.2, 0) is 0 Å². The lowest BCUT2D eigenvalue weighted by Gasteiger charge is -1.99. The van der Waals surface area contributed by atoms with Crippen molar-refractivity contribution in [1.29, 1.82) is 0 Å². The summed E-state index contributed by atoms with van der Waals surface area (Å²) < 4.78 is 39.0. The Morgan fingerprint density at radius 2 is 1.43 bits per heavy atom. The molecule has 2 rings (SSSR count). The quantitative estimate of drug-likeness (QED) is 0.469. The molecular weight excluding hydrogens is 305 g/mol. The first-order chi connectivity index (χ1) is 10.8. The molecule has 23 heavy (non-hydrogen) atoms. The average molecular weight is 323 g/mol. The maximum Gasteiger partial charge on any atom is 0.673 e. The van der Waals surface area contributed by atoms with Gasteiger partial charge in [0.1, 0.15) is 5.69 Å². The number of rotatable bonds is 3. The fourth-order valence-electron chi connectivity index (χ4n) is 1.73. The van der Waals surface area contributed by atoms with Gasteiger partial charge in [0.25, 0.3) is 0 Å². The van der Waals surface area contributed by atoms with E-state index < -0.39 is 7.25 Å². The molecule has 0 aliphatic rings. The Kier molecular flexibility index (Phi) is 7.28. The second-order valence-corrected chi connectivity index (χ2v) is 4.81. The minimum Gasteiger partial charge on any atom is -0.418 e. The zero-order valence-electron chi connectivity index (χ0n) is 12.7. The van der Waals surface area contributed by atoms with Gasteiger partial charge in [-0.2, -0.15) is 0 Å². The van der Waals surface area contributed by atoms with Crippen LogP contribution in [0, 0.1) is 0 Å². The van der Waals surface area contributed by atoms with E-state index in [1.54, 1.807) is 0 Å². The van der Waals surface area contributed by atoms with E-state index in [4.69, 9.17) is 0 Å². The topological polar surface area (TPSA) is 27.6 Å². The number of hydrogen-bond donors (Lipinski definition) is 1. The normalized spacial score (nSPS) is 12.0. The molecule has 0 aliphatic heterocycles. The Balaban J connectivity index is 0.000000463. The first kappa shape index (κ1) is 18.7. The molecule has 0 fully saturated rings. The highest BCUT2D eigenvalue weighted by atomic mass is 19.5. The molecular formula is C17H18BF4N. The largest absolute Gasteiger partial charge is 0.673 e. The molecule has 0 saturated heterocycles. The molecule has 0 heterocycles. The number of allylic oxidation sites excluding steroid dienone is 3. The van der Waals surface area contributed by atoms with Crippen LogP contribution in [-0.4, -0.2) is 7.25 Å². The maximum absolute atomic E-state index is 9.75. The van der Waals surface area contributed by atoms with Crippen molar-refractivity contribution in [1.82, 2.24) is 0 Å². The van der Waals surface area contributed by atoms with Crippen LogP contribution in [0.5, 0.6) is 0 Å². The van der Waals surface area contributed by atoms with Gasteiger partial charge in [0.05, 0.1) is 0 Å². The molecule has 6 heteroatoms. The third kappa shape index (κ3) is 9.32. The fourth-order valence-corrected chi connectivity index (χ4v) is 1.73. The Morgan fingerprint density at radius 1 is 0.913 bits per heavy atom. The Bertz CT molecular complexity index is 641. The van der Waals surface area contributed by atoms with Crippen molar-refractivity contribution in [2.75, 3.05) is 0 Å². The Morgan fingerprint density at radius 3 is 1.96 bits per heavy atom. The monoisotopic (exact) mass is 323 g/mol. The van der Waals surface area contributed by atoms with Gasteiger partial charge >= 0.3 is 7.25 Å². The van der Waals surface area contributed by atoms with Crippen LogP contribution in [0.25, 0.3) is 11.6 Å². The highest BCUT2D eigenvalue weighted by molar-refractivity contribution is 6.50. The zero-order chi connectivity index (χ0) is 17.3. The fraction of sp³-hybridized carbons (Fsp3) is 0.0588. The molecule has 1 nitrogen and oxygen atoms in total. The minimum absolute atomic E-state index is 1.05. The number of benzene rings is 2. The SMILES string of the molecule is C/C(=C\C=C\c1ccccc1)c1ccc([NH3+])cc1.F[B-](F)(F)F. The van der Waals surface area contributed by atoms with E-state index in [0.29, 0.717) is 0 Å². The third-order valence-corrected chi connectivity index (χ3v) is 2.84. The summed E-state index contributed by atoms with van der Waals surface area (Å²) in [5, 5.41) is 0. The molecule has 0 aromatic heterocycles. The van der Waals surface area contributed by atoms with Crippen molar-refractivity contribution in [3.63, 3.8) is 0 Å². The Hall–Kier alpha value is -2.34. The van der Waals surface area contributed by atoms with Crippen LogP contribution in [0.1, 0.15) is 18.1 Å². The number of halogens is 4. The van der Waals surface area contributed by atoms with E-state index in [-0.39, 0.29) is 0 Å². The van der Waals surface area contributed by atoms with Gasteiger partial charge in [-0.3, -0.25) is 0 Å². The molecule has 0 unspecified atom stereocenters. The lowest BCUT2D eigenvalue weighted by molar-refractivity contribution is -0.254. The van der Waals surface area contributed by atoms with Gasteiger partial charge in [0.15, 0.2) is 0 Å². The highest BCUT2D eigenvalue weighted by Gasteiger charge is 2.20. The van der Waals surface area contributed by atoms with Gasteiger partial charge in [-0.05, 0) is 47.9 Å². The smallest absolute Gasteiger partial charge is 0.418 e. The summed E-state index contributed by atoms with van der Waals surface area (Å²) in [6, 6.07) is 18.6. The van der Waals surface area contributed by atoms with E-state index >= 15 is 0 Å². The first-order valence-electron chi connectivity index (χ1n) is 6.95. The second kappa shape index (κ2) is 8.95. The van der Waals surface area contributed by atoms with Crippen LogP contribution >= 0.6 is 0 Å². The molecule has 2 aromatic rings. The van der Waals surface area contributed by atoms with Crippen LogP contribution < -0.4 is 5.73 Å². The summed E-state index contributed by atoms with van der Waals surface area (Å²) in [4.78, 5) is 0. The van der Waals surface area contributed by atoms with E-state index in [9.17, 15) is 17.3 Å². The van der Waals surface area contributed by atoms with Crippen molar-refractivity contribution in [3.05, 3.63) is 77.9 Å². The molecule has 0 aliphatic carbocycles.